The summed E-state index contributed by atoms with van der Waals surface area (Å²) in [5.41, 5.74) is 1.35. The van der Waals surface area contributed by atoms with Gasteiger partial charge in [-0.25, -0.2) is 4.39 Å². The van der Waals surface area contributed by atoms with Crippen LogP contribution in [0.4, 0.5) is 4.39 Å². The van der Waals surface area contributed by atoms with Crippen LogP contribution in [0.3, 0.4) is 0 Å². The van der Waals surface area contributed by atoms with E-state index in [0.29, 0.717) is 0 Å². The maximum absolute atomic E-state index is 13.3. The summed E-state index contributed by atoms with van der Waals surface area (Å²) in [5, 5.41) is 12.2. The summed E-state index contributed by atoms with van der Waals surface area (Å²) in [4.78, 5) is 14.4. The first kappa shape index (κ1) is 15.9. The van der Waals surface area contributed by atoms with Crippen LogP contribution in [-0.4, -0.2) is 29.4 Å². The topological polar surface area (TPSA) is 56.1 Å². The third-order valence-electron chi connectivity index (χ3n) is 5.14. The van der Waals surface area contributed by atoms with Gasteiger partial charge >= 0.3 is 0 Å². The Kier molecular flexibility index (Phi) is 4.11. The minimum Gasteiger partial charge on any atom is -0.337 e. The van der Waals surface area contributed by atoms with Gasteiger partial charge in [0.25, 0.3) is 0 Å². The molecule has 0 spiro atoms. The van der Waals surface area contributed by atoms with Gasteiger partial charge in [0.05, 0.1) is 12.6 Å². The van der Waals surface area contributed by atoms with E-state index in [9.17, 15) is 14.4 Å². The molecule has 0 saturated heterocycles. The Balaban J connectivity index is 1.66. The average molecular weight is 315 g/mol. The average Bonchev–Trinajstić information content (AvgIpc) is 3.35. The molecular weight excluding hydrogens is 293 g/mol. The molecule has 1 amide bonds. The number of hydrogen-bond donors (Lipinski definition) is 1. The fourth-order valence-corrected chi connectivity index (χ4v) is 3.46. The largest absolute Gasteiger partial charge is 0.337 e. The molecule has 5 heteroatoms. The number of hydrogen-bond acceptors (Lipinski definition) is 3. The second-order valence-electron chi connectivity index (χ2n) is 6.88. The van der Waals surface area contributed by atoms with Crippen molar-refractivity contribution in [2.45, 2.75) is 44.7 Å². The Hall–Kier alpha value is -1.93. The molecular formula is C18H22FN3O. The second-order valence-corrected chi connectivity index (χ2v) is 6.88. The van der Waals surface area contributed by atoms with E-state index >= 15 is 0 Å². The summed E-state index contributed by atoms with van der Waals surface area (Å²) in [7, 11) is 0. The monoisotopic (exact) mass is 315 g/mol. The highest BCUT2D eigenvalue weighted by molar-refractivity contribution is 5.79. The first-order chi connectivity index (χ1) is 10.9. The van der Waals surface area contributed by atoms with Gasteiger partial charge in [-0.05, 0) is 62.3 Å². The van der Waals surface area contributed by atoms with E-state index in [0.717, 1.165) is 36.9 Å². The van der Waals surface area contributed by atoms with Crippen LogP contribution in [0.5, 0.6) is 0 Å². The van der Waals surface area contributed by atoms with E-state index in [1.54, 1.807) is 13.0 Å². The third kappa shape index (κ3) is 3.23. The van der Waals surface area contributed by atoms with Crippen molar-refractivity contribution in [2.24, 2.45) is 5.92 Å². The Morgan fingerprint density at radius 2 is 2.26 bits per heavy atom. The van der Waals surface area contributed by atoms with E-state index in [-0.39, 0.29) is 30.2 Å². The number of rotatable bonds is 4. The van der Waals surface area contributed by atoms with Gasteiger partial charge in [0.1, 0.15) is 11.4 Å². The van der Waals surface area contributed by atoms with Crippen molar-refractivity contribution in [1.82, 2.24) is 10.2 Å². The number of halogens is 1. The number of amides is 1. The standard InChI is InChI=1S/C18H22FN3O/c1-12-16-6-5-15(19)9-13(16)7-8-22(12)10-17(23)21-18(2,11-20)14-3-4-14/h5-6,9,12,14H,3-4,7-8,10H2,1-2H3,(H,21,23)/t12-,18+/m0/s1. The molecule has 1 aliphatic heterocycles. The fraction of sp³-hybridized carbons (Fsp3) is 0.556. The van der Waals surface area contributed by atoms with Crippen LogP contribution in [-0.2, 0) is 11.2 Å². The van der Waals surface area contributed by atoms with Crippen molar-refractivity contribution in [3.8, 4) is 6.07 Å². The molecule has 1 heterocycles. The van der Waals surface area contributed by atoms with Gasteiger partial charge in [-0.3, -0.25) is 9.69 Å². The molecule has 1 aliphatic carbocycles. The first-order valence-corrected chi connectivity index (χ1v) is 8.17. The number of nitrogens with one attached hydrogen (secondary N) is 1. The van der Waals surface area contributed by atoms with Gasteiger partial charge in [-0.15, -0.1) is 0 Å². The molecule has 3 rings (SSSR count). The highest BCUT2D eigenvalue weighted by Crippen LogP contribution is 2.39. The summed E-state index contributed by atoms with van der Waals surface area (Å²) >= 11 is 0. The predicted molar refractivity (Wildman–Crippen MR) is 85.0 cm³/mol. The third-order valence-corrected chi connectivity index (χ3v) is 5.14. The number of benzene rings is 1. The molecule has 0 aromatic heterocycles. The molecule has 4 nitrogen and oxygen atoms in total. The zero-order valence-corrected chi connectivity index (χ0v) is 13.6. The van der Waals surface area contributed by atoms with Crippen LogP contribution in [0.25, 0.3) is 0 Å². The number of nitrogens with zero attached hydrogens (tertiary/aromatic N) is 2. The molecule has 2 aliphatic rings. The summed E-state index contributed by atoms with van der Waals surface area (Å²) in [6.45, 7) is 4.83. The Morgan fingerprint density at radius 3 is 2.91 bits per heavy atom. The Morgan fingerprint density at radius 1 is 1.52 bits per heavy atom. The highest BCUT2D eigenvalue weighted by atomic mass is 19.1. The number of carbonyl (C=O) groups excluding carboxylic acids is 1. The lowest BCUT2D eigenvalue weighted by atomic mass is 9.93. The van der Waals surface area contributed by atoms with E-state index in [1.807, 2.05) is 13.0 Å². The first-order valence-electron chi connectivity index (χ1n) is 8.17. The van der Waals surface area contributed by atoms with Crippen LogP contribution in [0.1, 0.15) is 43.9 Å². The van der Waals surface area contributed by atoms with Gasteiger partial charge in [-0.2, -0.15) is 5.26 Å². The van der Waals surface area contributed by atoms with E-state index in [2.05, 4.69) is 16.3 Å². The zero-order valence-electron chi connectivity index (χ0n) is 13.6. The Bertz CT molecular complexity index is 665. The minimum absolute atomic E-state index is 0.0689. The molecule has 0 bridgehead atoms. The lowest BCUT2D eigenvalue weighted by Crippen LogP contribution is -2.51. The Labute approximate surface area is 136 Å². The van der Waals surface area contributed by atoms with Gasteiger partial charge < -0.3 is 5.32 Å². The minimum atomic E-state index is -0.753. The van der Waals surface area contributed by atoms with Crippen molar-refractivity contribution >= 4 is 5.91 Å². The normalized spacial score (nSPS) is 23.5. The number of nitriles is 1. The molecule has 23 heavy (non-hydrogen) atoms. The molecule has 0 radical (unpaired) electrons. The van der Waals surface area contributed by atoms with Gasteiger partial charge in [-0.1, -0.05) is 6.07 Å². The second kappa shape index (κ2) is 5.93. The van der Waals surface area contributed by atoms with Crippen LogP contribution < -0.4 is 5.32 Å². The molecule has 1 saturated carbocycles. The van der Waals surface area contributed by atoms with Crippen molar-refractivity contribution < 1.29 is 9.18 Å². The van der Waals surface area contributed by atoms with Gasteiger partial charge in [0.15, 0.2) is 0 Å². The summed E-state index contributed by atoms with van der Waals surface area (Å²) < 4.78 is 13.3. The predicted octanol–water partition coefficient (Wildman–Crippen LogP) is 2.55. The highest BCUT2D eigenvalue weighted by Gasteiger charge is 2.43. The van der Waals surface area contributed by atoms with Crippen LogP contribution in [0.2, 0.25) is 0 Å². The molecule has 1 N–H and O–H groups in total. The maximum Gasteiger partial charge on any atom is 0.235 e. The van der Waals surface area contributed by atoms with E-state index in [4.69, 9.17) is 0 Å². The van der Waals surface area contributed by atoms with Crippen molar-refractivity contribution in [2.75, 3.05) is 13.1 Å². The van der Waals surface area contributed by atoms with Crippen LogP contribution in [0.15, 0.2) is 18.2 Å². The van der Waals surface area contributed by atoms with Crippen molar-refractivity contribution in [3.63, 3.8) is 0 Å². The summed E-state index contributed by atoms with van der Waals surface area (Å²) in [5.74, 6) is -0.0475. The lowest BCUT2D eigenvalue weighted by molar-refractivity contribution is -0.124. The lowest BCUT2D eigenvalue weighted by Gasteiger charge is -2.35. The van der Waals surface area contributed by atoms with Gasteiger partial charge in [0.2, 0.25) is 5.91 Å². The van der Waals surface area contributed by atoms with Crippen molar-refractivity contribution in [1.29, 1.82) is 5.26 Å². The molecule has 0 unspecified atom stereocenters. The van der Waals surface area contributed by atoms with E-state index in [1.165, 1.54) is 6.07 Å². The van der Waals surface area contributed by atoms with Crippen LogP contribution >= 0.6 is 0 Å². The molecule has 1 aromatic carbocycles. The quantitative estimate of drug-likeness (QED) is 0.929. The van der Waals surface area contributed by atoms with Gasteiger partial charge in [0, 0.05) is 12.6 Å². The zero-order chi connectivity index (χ0) is 16.6. The SMILES string of the molecule is C[C@H]1c2ccc(F)cc2CCN1CC(=O)N[C@](C)(C#N)C1CC1. The molecule has 1 aromatic rings. The van der Waals surface area contributed by atoms with E-state index < -0.39 is 5.54 Å². The summed E-state index contributed by atoms with van der Waals surface area (Å²) in [6, 6.07) is 7.18. The number of carbonyl (C=O) groups is 1. The maximum atomic E-state index is 13.3. The fourth-order valence-electron chi connectivity index (χ4n) is 3.46. The van der Waals surface area contributed by atoms with Crippen molar-refractivity contribution in [3.05, 3.63) is 35.1 Å². The molecule has 2 atom stereocenters. The van der Waals surface area contributed by atoms with Crippen LogP contribution in [0, 0.1) is 23.1 Å². The summed E-state index contributed by atoms with van der Waals surface area (Å²) in [6.07, 6.45) is 2.75. The molecule has 122 valence electrons. The number of fused-ring (bicyclic) bond motifs is 1. The smallest absolute Gasteiger partial charge is 0.235 e. The molecule has 1 fully saturated rings.